The van der Waals surface area contributed by atoms with Crippen molar-refractivity contribution in [2.24, 2.45) is 0 Å². The molecular weight excluding hydrogens is 238 g/mol. The molecule has 69 valence electrons. The standard InChI is InChI=1S/C12H9BrN/c13-12-4-2-1-3-11(12)9-10-5-7-14-8-6-10/h1-3,5-8H,9H2. The second kappa shape index (κ2) is 4.38. The van der Waals surface area contributed by atoms with Gasteiger partial charge in [0.15, 0.2) is 0 Å². The lowest BCUT2D eigenvalue weighted by Gasteiger charge is -2.03. The third-order valence-corrected chi connectivity index (χ3v) is 2.77. The van der Waals surface area contributed by atoms with Gasteiger partial charge in [-0.3, -0.25) is 4.98 Å². The molecular formula is C12H9BrN. The van der Waals surface area contributed by atoms with Crippen molar-refractivity contribution in [2.45, 2.75) is 6.42 Å². The van der Waals surface area contributed by atoms with Crippen LogP contribution in [0, 0.1) is 6.07 Å². The summed E-state index contributed by atoms with van der Waals surface area (Å²) >= 11 is 3.48. The number of halogens is 1. The molecule has 0 fully saturated rings. The Morgan fingerprint density at radius 1 is 1.21 bits per heavy atom. The number of aromatic nitrogens is 1. The zero-order chi connectivity index (χ0) is 9.80. The maximum Gasteiger partial charge on any atom is 0.0289 e. The molecule has 0 bridgehead atoms. The fraction of sp³-hybridized carbons (Fsp3) is 0.0833. The summed E-state index contributed by atoms with van der Waals surface area (Å²) in [5, 5.41) is 0. The summed E-state index contributed by atoms with van der Waals surface area (Å²) in [6.07, 6.45) is 4.55. The molecule has 0 aliphatic rings. The zero-order valence-corrected chi connectivity index (χ0v) is 9.16. The van der Waals surface area contributed by atoms with Crippen LogP contribution in [-0.4, -0.2) is 4.98 Å². The van der Waals surface area contributed by atoms with E-state index >= 15 is 0 Å². The van der Waals surface area contributed by atoms with Crippen molar-refractivity contribution in [2.75, 3.05) is 0 Å². The summed E-state index contributed by atoms with van der Waals surface area (Å²) in [6, 6.07) is 13.2. The van der Waals surface area contributed by atoms with E-state index in [2.05, 4.69) is 33.0 Å². The Bertz CT molecular complexity index is 412. The second-order valence-electron chi connectivity index (χ2n) is 3.04. The van der Waals surface area contributed by atoms with Gasteiger partial charge in [0.25, 0.3) is 0 Å². The summed E-state index contributed by atoms with van der Waals surface area (Å²) in [5.41, 5.74) is 2.51. The molecule has 0 unspecified atom stereocenters. The summed E-state index contributed by atoms with van der Waals surface area (Å²) in [4.78, 5) is 3.99. The van der Waals surface area contributed by atoms with Crippen LogP contribution >= 0.6 is 15.9 Å². The molecule has 2 aromatic rings. The molecule has 0 atom stereocenters. The lowest BCUT2D eigenvalue weighted by Crippen LogP contribution is -1.89. The van der Waals surface area contributed by atoms with E-state index in [-0.39, 0.29) is 0 Å². The minimum absolute atomic E-state index is 0.917. The number of pyridine rings is 1. The summed E-state index contributed by atoms with van der Waals surface area (Å²) in [6.45, 7) is 0. The van der Waals surface area contributed by atoms with Crippen LogP contribution in [0.1, 0.15) is 11.1 Å². The van der Waals surface area contributed by atoms with Crippen LogP contribution < -0.4 is 0 Å². The van der Waals surface area contributed by atoms with Gasteiger partial charge in [-0.25, -0.2) is 0 Å². The first kappa shape index (κ1) is 9.41. The first-order chi connectivity index (χ1) is 6.86. The van der Waals surface area contributed by atoms with Gasteiger partial charge in [0.05, 0.1) is 0 Å². The molecule has 0 saturated carbocycles. The Balaban J connectivity index is 2.24. The lowest BCUT2D eigenvalue weighted by molar-refractivity contribution is 1.15. The molecule has 1 nitrogen and oxygen atoms in total. The maximum atomic E-state index is 3.99. The number of hydrogen-bond donors (Lipinski definition) is 0. The molecule has 0 N–H and O–H groups in total. The van der Waals surface area contributed by atoms with Gasteiger partial charge in [-0.15, -0.1) is 0 Å². The van der Waals surface area contributed by atoms with Gasteiger partial charge in [0.1, 0.15) is 0 Å². The van der Waals surface area contributed by atoms with Gasteiger partial charge in [-0.05, 0) is 51.7 Å². The summed E-state index contributed by atoms with van der Waals surface area (Å²) in [5.74, 6) is 0. The number of rotatable bonds is 2. The van der Waals surface area contributed by atoms with Crippen molar-refractivity contribution >= 4 is 15.9 Å². The van der Waals surface area contributed by atoms with Gasteiger partial charge < -0.3 is 0 Å². The third-order valence-electron chi connectivity index (χ3n) is 2.03. The van der Waals surface area contributed by atoms with E-state index < -0.39 is 0 Å². The third kappa shape index (κ3) is 2.20. The van der Waals surface area contributed by atoms with Gasteiger partial charge in [-0.1, -0.05) is 18.2 Å². The van der Waals surface area contributed by atoms with Crippen LogP contribution in [0.3, 0.4) is 0 Å². The van der Waals surface area contributed by atoms with E-state index in [0.29, 0.717) is 0 Å². The van der Waals surface area contributed by atoms with E-state index in [9.17, 15) is 0 Å². The van der Waals surface area contributed by atoms with Crippen molar-refractivity contribution in [3.63, 3.8) is 0 Å². The first-order valence-corrected chi connectivity index (χ1v) is 5.19. The normalized spacial score (nSPS) is 10.1. The van der Waals surface area contributed by atoms with Crippen LogP contribution in [0.15, 0.2) is 47.2 Å². The van der Waals surface area contributed by atoms with Crippen molar-refractivity contribution in [3.8, 4) is 0 Å². The SMILES string of the molecule is Brc1[c]cccc1Cc1ccncc1. The molecule has 0 aliphatic heterocycles. The molecule has 1 heterocycles. The highest BCUT2D eigenvalue weighted by Crippen LogP contribution is 2.18. The molecule has 0 aliphatic carbocycles. The number of benzene rings is 1. The van der Waals surface area contributed by atoms with Crippen LogP contribution in [0.2, 0.25) is 0 Å². The molecule has 14 heavy (non-hydrogen) atoms. The van der Waals surface area contributed by atoms with E-state index in [1.54, 1.807) is 0 Å². The predicted molar refractivity (Wildman–Crippen MR) is 60.0 cm³/mol. The molecule has 1 aromatic heterocycles. The van der Waals surface area contributed by atoms with Crippen LogP contribution in [-0.2, 0) is 6.42 Å². The van der Waals surface area contributed by atoms with Crippen LogP contribution in [0.4, 0.5) is 0 Å². The lowest BCUT2D eigenvalue weighted by atomic mass is 10.1. The average molecular weight is 247 g/mol. The van der Waals surface area contributed by atoms with Gasteiger partial charge in [0, 0.05) is 16.9 Å². The average Bonchev–Trinajstić information content (AvgIpc) is 2.23. The molecule has 0 saturated heterocycles. The zero-order valence-electron chi connectivity index (χ0n) is 7.57. The molecule has 1 aromatic carbocycles. The fourth-order valence-corrected chi connectivity index (χ4v) is 1.71. The molecule has 2 rings (SSSR count). The smallest absolute Gasteiger partial charge is 0.0289 e. The Hall–Kier alpha value is -1.15. The van der Waals surface area contributed by atoms with Gasteiger partial charge in [0.2, 0.25) is 0 Å². The number of hydrogen-bond acceptors (Lipinski definition) is 1. The van der Waals surface area contributed by atoms with Crippen molar-refractivity contribution in [1.29, 1.82) is 0 Å². The fourth-order valence-electron chi connectivity index (χ4n) is 1.31. The van der Waals surface area contributed by atoms with E-state index in [0.717, 1.165) is 10.9 Å². The summed E-state index contributed by atoms with van der Waals surface area (Å²) in [7, 11) is 0. The highest BCUT2D eigenvalue weighted by molar-refractivity contribution is 9.10. The Morgan fingerprint density at radius 2 is 2.00 bits per heavy atom. The van der Waals surface area contributed by atoms with Crippen LogP contribution in [0.25, 0.3) is 0 Å². The monoisotopic (exact) mass is 246 g/mol. The Labute approximate surface area is 91.9 Å². The second-order valence-corrected chi connectivity index (χ2v) is 3.83. The molecule has 0 spiro atoms. The highest BCUT2D eigenvalue weighted by atomic mass is 79.9. The quantitative estimate of drug-likeness (QED) is 0.793. The minimum atomic E-state index is 0.917. The van der Waals surface area contributed by atoms with Crippen molar-refractivity contribution in [1.82, 2.24) is 4.98 Å². The van der Waals surface area contributed by atoms with E-state index in [1.165, 1.54) is 11.1 Å². The topological polar surface area (TPSA) is 12.9 Å². The molecule has 1 radical (unpaired) electrons. The van der Waals surface area contributed by atoms with Gasteiger partial charge >= 0.3 is 0 Å². The van der Waals surface area contributed by atoms with Crippen LogP contribution in [0.5, 0.6) is 0 Å². The predicted octanol–water partition coefficient (Wildman–Crippen LogP) is 3.24. The Morgan fingerprint density at radius 3 is 2.71 bits per heavy atom. The largest absolute Gasteiger partial charge is 0.265 e. The Kier molecular flexibility index (Phi) is 2.94. The van der Waals surface area contributed by atoms with E-state index in [1.807, 2.05) is 36.7 Å². The molecule has 0 amide bonds. The first-order valence-electron chi connectivity index (χ1n) is 4.40. The maximum absolute atomic E-state index is 3.99. The van der Waals surface area contributed by atoms with Crippen molar-refractivity contribution in [3.05, 3.63) is 64.4 Å². The van der Waals surface area contributed by atoms with E-state index in [4.69, 9.17) is 0 Å². The number of nitrogens with zero attached hydrogens (tertiary/aromatic N) is 1. The van der Waals surface area contributed by atoms with Gasteiger partial charge in [-0.2, -0.15) is 0 Å². The highest BCUT2D eigenvalue weighted by Gasteiger charge is 1.99. The minimum Gasteiger partial charge on any atom is -0.265 e. The van der Waals surface area contributed by atoms with Crippen molar-refractivity contribution < 1.29 is 0 Å². The summed E-state index contributed by atoms with van der Waals surface area (Å²) < 4.78 is 1.04. The molecule has 2 heteroatoms.